The minimum Gasteiger partial charge on any atom is -0.374 e. The summed E-state index contributed by atoms with van der Waals surface area (Å²) >= 11 is 0. The van der Waals surface area contributed by atoms with Crippen LogP contribution in [-0.2, 0) is 26.4 Å². The molecular weight excluding hydrogens is 494 g/mol. The van der Waals surface area contributed by atoms with Crippen molar-refractivity contribution < 1.29 is 13.3 Å². The van der Waals surface area contributed by atoms with Crippen molar-refractivity contribution in [2.24, 2.45) is 0 Å². The van der Waals surface area contributed by atoms with Crippen molar-refractivity contribution in [3.8, 4) is 0 Å². The predicted molar refractivity (Wildman–Crippen MR) is 161 cm³/mol. The van der Waals surface area contributed by atoms with E-state index in [-0.39, 0.29) is 0 Å². The van der Waals surface area contributed by atoms with Gasteiger partial charge in [0.1, 0.15) is 0 Å². The molecule has 1 aromatic carbocycles. The van der Waals surface area contributed by atoms with Gasteiger partial charge in [-0.05, 0) is 123 Å². The number of benzene rings is 1. The summed E-state index contributed by atoms with van der Waals surface area (Å²) in [5.74, 6) is 0. The highest BCUT2D eigenvalue weighted by Crippen LogP contribution is 2.18. The van der Waals surface area contributed by atoms with Gasteiger partial charge in [0.25, 0.3) is 0 Å². The fourth-order valence-electron chi connectivity index (χ4n) is 4.86. The van der Waals surface area contributed by atoms with Crippen LogP contribution in [-0.4, -0.2) is 92.4 Å². The molecule has 1 aliphatic rings. The Morgan fingerprint density at radius 2 is 1.18 bits per heavy atom. The maximum atomic E-state index is 5.96. The Balaban J connectivity index is 1.74. The normalized spacial score (nSPS) is 18.0. The Kier molecular flexibility index (Phi) is 19.2. The number of hydrogen-bond donors (Lipinski definition) is 4. The van der Waals surface area contributed by atoms with Gasteiger partial charge in [-0.3, -0.25) is 4.90 Å². The van der Waals surface area contributed by atoms with Crippen molar-refractivity contribution in [2.45, 2.75) is 72.0 Å². The average molecular weight is 552 g/mol. The average Bonchev–Trinajstić information content (AvgIpc) is 2.91. The first-order valence-electron chi connectivity index (χ1n) is 15.3. The number of hydrogen-bond acceptors (Lipinski definition) is 8. The second kappa shape index (κ2) is 21.9. The molecule has 0 radical (unpaired) electrons. The van der Waals surface area contributed by atoms with E-state index in [1.165, 1.54) is 36.8 Å². The van der Waals surface area contributed by atoms with E-state index in [4.69, 9.17) is 13.3 Å². The van der Waals surface area contributed by atoms with Crippen molar-refractivity contribution >= 4 is 8.80 Å². The van der Waals surface area contributed by atoms with E-state index in [9.17, 15) is 0 Å². The van der Waals surface area contributed by atoms with Crippen LogP contribution in [0.1, 0.15) is 64.0 Å². The molecule has 8 nitrogen and oxygen atoms in total. The second-order valence-corrected chi connectivity index (χ2v) is 12.8. The molecule has 0 atom stereocenters. The number of nitrogens with one attached hydrogen (secondary N) is 4. The molecule has 0 unspecified atom stereocenters. The molecule has 38 heavy (non-hydrogen) atoms. The van der Waals surface area contributed by atoms with Crippen LogP contribution in [0.3, 0.4) is 0 Å². The Morgan fingerprint density at radius 1 is 0.711 bits per heavy atom. The lowest BCUT2D eigenvalue weighted by Gasteiger charge is -2.28. The molecule has 0 saturated carbocycles. The SMILES string of the molecule is CCO[Si](CCCNCc1ccc(CN2CCCNCCCNCCCNCCC2)cc1)(OCC)OCC. The van der Waals surface area contributed by atoms with Gasteiger partial charge in [-0.25, -0.2) is 0 Å². The molecule has 1 aromatic rings. The molecule has 1 saturated heterocycles. The first kappa shape index (κ1) is 33.3. The summed E-state index contributed by atoms with van der Waals surface area (Å²) in [5, 5.41) is 14.3. The molecule has 1 fully saturated rings. The minimum absolute atomic E-state index is 0.634. The maximum Gasteiger partial charge on any atom is 0.500 e. The molecule has 4 N–H and O–H groups in total. The monoisotopic (exact) mass is 551 g/mol. The third-order valence-corrected chi connectivity index (χ3v) is 9.91. The molecule has 0 aliphatic carbocycles. The largest absolute Gasteiger partial charge is 0.500 e. The Hall–Kier alpha value is -0.883. The summed E-state index contributed by atoms with van der Waals surface area (Å²) in [4.78, 5) is 2.62. The lowest BCUT2D eigenvalue weighted by molar-refractivity contribution is 0.0708. The third kappa shape index (κ3) is 15.0. The van der Waals surface area contributed by atoms with Crippen LogP contribution < -0.4 is 21.3 Å². The molecule has 0 aromatic heterocycles. The summed E-state index contributed by atoms with van der Waals surface area (Å²) in [7, 11) is -2.54. The molecule has 0 bridgehead atoms. The Labute approximate surface area is 234 Å². The molecule has 220 valence electrons. The van der Waals surface area contributed by atoms with E-state index in [1.54, 1.807) is 0 Å². The Morgan fingerprint density at radius 3 is 1.68 bits per heavy atom. The standard InChI is InChI=1S/C29H57N5O3Si/c1-4-35-38(36-5-2,37-6-3)25-11-22-33-26-28-12-14-29(15-13-28)27-34-23-9-20-31-18-7-16-30-17-8-19-32-21-10-24-34/h12-15,30-33H,4-11,16-27H2,1-3H3. The number of nitrogens with zero attached hydrogens (tertiary/aromatic N) is 1. The van der Waals surface area contributed by atoms with Crippen LogP contribution in [0.5, 0.6) is 0 Å². The van der Waals surface area contributed by atoms with E-state index in [0.717, 1.165) is 84.5 Å². The van der Waals surface area contributed by atoms with Gasteiger partial charge in [0.15, 0.2) is 0 Å². The maximum absolute atomic E-state index is 5.96. The quantitative estimate of drug-likeness (QED) is 0.207. The first-order chi connectivity index (χ1) is 18.7. The fraction of sp³-hybridized carbons (Fsp3) is 0.793. The summed E-state index contributed by atoms with van der Waals surface area (Å²) in [6, 6.07) is 10.0. The molecule has 2 rings (SSSR count). The van der Waals surface area contributed by atoms with Crippen molar-refractivity contribution in [3.63, 3.8) is 0 Å². The van der Waals surface area contributed by atoms with E-state index in [1.807, 2.05) is 20.8 Å². The highest BCUT2D eigenvalue weighted by atomic mass is 28.4. The van der Waals surface area contributed by atoms with Crippen molar-refractivity contribution in [3.05, 3.63) is 35.4 Å². The van der Waals surface area contributed by atoms with Crippen LogP contribution in [0.15, 0.2) is 24.3 Å². The minimum atomic E-state index is -2.54. The molecule has 9 heteroatoms. The summed E-state index contributed by atoms with van der Waals surface area (Å²) in [6.07, 6.45) is 5.79. The molecule has 1 aliphatic heterocycles. The van der Waals surface area contributed by atoms with Gasteiger partial charge in [-0.1, -0.05) is 24.3 Å². The van der Waals surface area contributed by atoms with E-state index < -0.39 is 8.80 Å². The van der Waals surface area contributed by atoms with E-state index in [0.29, 0.717) is 19.8 Å². The first-order valence-corrected chi connectivity index (χ1v) is 17.2. The molecule has 1 heterocycles. The van der Waals surface area contributed by atoms with Crippen LogP contribution in [0.25, 0.3) is 0 Å². The fourth-order valence-corrected chi connectivity index (χ4v) is 7.47. The smallest absolute Gasteiger partial charge is 0.374 e. The number of rotatable bonds is 14. The molecular formula is C29H57N5O3Si. The zero-order valence-corrected chi connectivity index (χ0v) is 25.6. The predicted octanol–water partition coefficient (Wildman–Crippen LogP) is 3.36. The van der Waals surface area contributed by atoms with Gasteiger partial charge in [0.05, 0.1) is 0 Å². The van der Waals surface area contributed by atoms with Crippen molar-refractivity contribution in [2.75, 3.05) is 78.7 Å². The zero-order valence-electron chi connectivity index (χ0n) is 24.6. The summed E-state index contributed by atoms with van der Waals surface area (Å²) in [5.41, 5.74) is 2.73. The van der Waals surface area contributed by atoms with Gasteiger partial charge < -0.3 is 34.5 Å². The zero-order chi connectivity index (χ0) is 27.2. The highest BCUT2D eigenvalue weighted by molar-refractivity contribution is 6.60. The van der Waals surface area contributed by atoms with E-state index in [2.05, 4.69) is 50.4 Å². The van der Waals surface area contributed by atoms with Crippen molar-refractivity contribution in [1.82, 2.24) is 26.2 Å². The summed E-state index contributed by atoms with van der Waals surface area (Å²) in [6.45, 7) is 19.7. The third-order valence-electron chi connectivity index (χ3n) is 6.76. The lowest BCUT2D eigenvalue weighted by Crippen LogP contribution is -2.46. The van der Waals surface area contributed by atoms with Crippen LogP contribution in [0.2, 0.25) is 6.04 Å². The summed E-state index contributed by atoms with van der Waals surface area (Å²) < 4.78 is 17.9. The van der Waals surface area contributed by atoms with Gasteiger partial charge in [-0.2, -0.15) is 0 Å². The second-order valence-electron chi connectivity index (χ2n) is 10.0. The van der Waals surface area contributed by atoms with Gasteiger partial charge in [0, 0.05) is 39.0 Å². The van der Waals surface area contributed by atoms with Gasteiger partial charge >= 0.3 is 8.80 Å². The van der Waals surface area contributed by atoms with Crippen LogP contribution >= 0.6 is 0 Å². The van der Waals surface area contributed by atoms with E-state index >= 15 is 0 Å². The topological polar surface area (TPSA) is 79.1 Å². The lowest BCUT2D eigenvalue weighted by atomic mass is 10.1. The molecule has 0 spiro atoms. The van der Waals surface area contributed by atoms with Crippen LogP contribution in [0, 0.1) is 0 Å². The van der Waals surface area contributed by atoms with Crippen molar-refractivity contribution in [1.29, 1.82) is 0 Å². The Bertz CT molecular complexity index is 650. The molecule has 0 amide bonds. The van der Waals surface area contributed by atoms with Gasteiger partial charge in [-0.15, -0.1) is 0 Å². The highest BCUT2D eigenvalue weighted by Gasteiger charge is 2.39. The van der Waals surface area contributed by atoms with Gasteiger partial charge in [0.2, 0.25) is 0 Å². The van der Waals surface area contributed by atoms with Crippen LogP contribution in [0.4, 0.5) is 0 Å².